The maximum absolute atomic E-state index is 5.82. The molecule has 0 amide bonds. The van der Waals surface area contributed by atoms with Crippen LogP contribution in [0.1, 0.15) is 18.1 Å². The van der Waals surface area contributed by atoms with Crippen LogP contribution in [0.3, 0.4) is 0 Å². The molecular formula is C17H18BN3. The minimum Gasteiger partial charge on any atom is -0.325 e. The average Bonchev–Trinajstić information content (AvgIpc) is 2.52. The Bertz CT molecular complexity index is 619. The Morgan fingerprint density at radius 3 is 1.81 bits per heavy atom. The van der Waals surface area contributed by atoms with Crippen LogP contribution in [-0.2, 0) is 0 Å². The van der Waals surface area contributed by atoms with E-state index in [0.717, 1.165) is 22.8 Å². The molecule has 0 aliphatic carbocycles. The third-order valence-electron chi connectivity index (χ3n) is 2.89. The van der Waals surface area contributed by atoms with E-state index in [2.05, 4.69) is 15.3 Å². The van der Waals surface area contributed by atoms with E-state index in [0.29, 0.717) is 0 Å². The lowest BCUT2D eigenvalue weighted by Crippen LogP contribution is -2.33. The van der Waals surface area contributed by atoms with Crippen LogP contribution >= 0.6 is 0 Å². The molecule has 0 fully saturated rings. The molecule has 3 nitrogen and oxygen atoms in total. The monoisotopic (exact) mass is 275 g/mol. The largest absolute Gasteiger partial charge is 0.325 e. The molecule has 2 aromatic rings. The summed E-state index contributed by atoms with van der Waals surface area (Å²) in [5, 5.41) is 3.29. The van der Waals surface area contributed by atoms with E-state index in [-0.39, 0.29) is 5.94 Å². The van der Waals surface area contributed by atoms with Crippen molar-refractivity contribution in [1.29, 1.82) is 0 Å². The van der Waals surface area contributed by atoms with Crippen molar-refractivity contribution >= 4 is 19.5 Å². The van der Waals surface area contributed by atoms with Crippen molar-refractivity contribution in [2.75, 3.05) is 7.05 Å². The maximum atomic E-state index is 5.82. The number of benzene rings is 2. The highest BCUT2D eigenvalue weighted by Crippen LogP contribution is 2.04. The Morgan fingerprint density at radius 1 is 0.905 bits per heavy atom. The molecule has 4 heteroatoms. The Hall–Kier alpha value is -2.36. The molecule has 2 rings (SSSR count). The number of hydrogen-bond acceptors (Lipinski definition) is 2. The second-order valence-electron chi connectivity index (χ2n) is 4.65. The smallest absolute Gasteiger partial charge is 0.133 e. The van der Waals surface area contributed by atoms with Crippen molar-refractivity contribution in [3.8, 4) is 0 Å². The maximum Gasteiger partial charge on any atom is 0.133 e. The molecule has 0 bridgehead atoms. The Balaban J connectivity index is 2.31. The van der Waals surface area contributed by atoms with E-state index in [9.17, 15) is 0 Å². The lowest BCUT2D eigenvalue weighted by atomic mass is 10.00. The van der Waals surface area contributed by atoms with Crippen molar-refractivity contribution in [2.24, 2.45) is 9.98 Å². The van der Waals surface area contributed by atoms with Crippen LogP contribution in [0, 0.1) is 0 Å². The summed E-state index contributed by atoms with van der Waals surface area (Å²) in [7, 11) is 7.57. The molecule has 2 aromatic carbocycles. The first-order valence-electron chi connectivity index (χ1n) is 6.88. The molecule has 1 N–H and O–H groups in total. The summed E-state index contributed by atoms with van der Waals surface area (Å²) in [6, 6.07) is 19.8. The van der Waals surface area contributed by atoms with E-state index in [1.165, 1.54) is 0 Å². The van der Waals surface area contributed by atoms with Gasteiger partial charge in [-0.05, 0) is 0 Å². The SMILES string of the molecule is [B]C(C)N=C(NC(=NC)c1ccccc1)c1ccccc1. The highest BCUT2D eigenvalue weighted by atomic mass is 15.1. The second-order valence-corrected chi connectivity index (χ2v) is 4.65. The van der Waals surface area contributed by atoms with Gasteiger partial charge in [-0.3, -0.25) is 9.98 Å². The zero-order valence-corrected chi connectivity index (χ0v) is 12.3. The summed E-state index contributed by atoms with van der Waals surface area (Å²) in [4.78, 5) is 8.78. The fourth-order valence-electron chi connectivity index (χ4n) is 1.94. The number of rotatable bonds is 3. The molecule has 0 saturated carbocycles. The van der Waals surface area contributed by atoms with Crippen molar-refractivity contribution in [3.63, 3.8) is 0 Å². The average molecular weight is 275 g/mol. The summed E-state index contributed by atoms with van der Waals surface area (Å²) in [6.07, 6.45) is 0. The van der Waals surface area contributed by atoms with E-state index in [1.54, 1.807) is 7.05 Å². The quantitative estimate of drug-likeness (QED) is 0.522. The van der Waals surface area contributed by atoms with Gasteiger partial charge in [0, 0.05) is 24.1 Å². The van der Waals surface area contributed by atoms with Gasteiger partial charge in [-0.15, -0.1) is 0 Å². The first-order valence-corrected chi connectivity index (χ1v) is 6.88. The van der Waals surface area contributed by atoms with Crippen LogP contribution in [0.2, 0.25) is 0 Å². The van der Waals surface area contributed by atoms with E-state index < -0.39 is 0 Å². The number of amidine groups is 2. The predicted octanol–water partition coefficient (Wildman–Crippen LogP) is 2.61. The van der Waals surface area contributed by atoms with Gasteiger partial charge in [0.2, 0.25) is 0 Å². The van der Waals surface area contributed by atoms with Gasteiger partial charge in [-0.1, -0.05) is 67.6 Å². The van der Waals surface area contributed by atoms with Crippen molar-refractivity contribution in [2.45, 2.75) is 12.9 Å². The molecule has 0 aliphatic heterocycles. The molecule has 0 heterocycles. The molecule has 104 valence electrons. The van der Waals surface area contributed by atoms with Gasteiger partial charge in [0.15, 0.2) is 0 Å². The van der Waals surface area contributed by atoms with E-state index in [4.69, 9.17) is 7.85 Å². The third-order valence-corrected chi connectivity index (χ3v) is 2.89. The number of aliphatic imine (C=N–C) groups is 2. The van der Waals surface area contributed by atoms with Gasteiger partial charge in [0.05, 0.1) is 0 Å². The van der Waals surface area contributed by atoms with Crippen LogP contribution in [0.5, 0.6) is 0 Å². The summed E-state index contributed by atoms with van der Waals surface area (Å²) in [6.45, 7) is 1.84. The standard InChI is InChI=1S/C17H18BN3/c1-13(18)20-17(15-11-7-4-8-12-15)21-16(19-2)14-9-5-3-6-10-14/h3-13H,1-2H3,(H,19,20,21). The lowest BCUT2D eigenvalue weighted by molar-refractivity contribution is 1.01. The van der Waals surface area contributed by atoms with Gasteiger partial charge < -0.3 is 5.32 Å². The number of nitrogens with zero attached hydrogens (tertiary/aromatic N) is 2. The summed E-state index contributed by atoms with van der Waals surface area (Å²) >= 11 is 0. The van der Waals surface area contributed by atoms with Crippen molar-refractivity contribution < 1.29 is 0 Å². The van der Waals surface area contributed by atoms with Gasteiger partial charge in [-0.2, -0.15) is 0 Å². The fraction of sp³-hybridized carbons (Fsp3) is 0.176. The second kappa shape index (κ2) is 7.43. The fourth-order valence-corrected chi connectivity index (χ4v) is 1.94. The highest BCUT2D eigenvalue weighted by molar-refractivity contribution is 6.17. The van der Waals surface area contributed by atoms with E-state index >= 15 is 0 Å². The topological polar surface area (TPSA) is 36.8 Å². The number of nitrogens with one attached hydrogen (secondary N) is 1. The van der Waals surface area contributed by atoms with Gasteiger partial charge in [-0.25, -0.2) is 0 Å². The normalized spacial score (nSPS) is 13.8. The molecule has 0 saturated heterocycles. The molecule has 0 spiro atoms. The minimum absolute atomic E-state index is 0.290. The predicted molar refractivity (Wildman–Crippen MR) is 90.2 cm³/mol. The minimum atomic E-state index is -0.290. The molecule has 0 aliphatic rings. The Morgan fingerprint density at radius 2 is 1.38 bits per heavy atom. The highest BCUT2D eigenvalue weighted by Gasteiger charge is 2.08. The first-order chi connectivity index (χ1) is 10.2. The first kappa shape index (κ1) is 15.0. The zero-order valence-electron chi connectivity index (χ0n) is 12.3. The third kappa shape index (κ3) is 4.31. The van der Waals surface area contributed by atoms with E-state index in [1.807, 2.05) is 67.6 Å². The van der Waals surface area contributed by atoms with Crippen LogP contribution < -0.4 is 5.32 Å². The lowest BCUT2D eigenvalue weighted by Gasteiger charge is -2.14. The van der Waals surface area contributed by atoms with Gasteiger partial charge >= 0.3 is 0 Å². The summed E-state index contributed by atoms with van der Waals surface area (Å²) in [5.74, 6) is 1.19. The van der Waals surface area contributed by atoms with Crippen molar-refractivity contribution in [3.05, 3.63) is 71.8 Å². The van der Waals surface area contributed by atoms with Crippen LogP contribution in [0.4, 0.5) is 0 Å². The molecule has 1 atom stereocenters. The molecule has 0 aromatic heterocycles. The van der Waals surface area contributed by atoms with Gasteiger partial charge in [0.25, 0.3) is 0 Å². The van der Waals surface area contributed by atoms with Crippen LogP contribution in [-0.4, -0.2) is 32.5 Å². The molecule has 2 radical (unpaired) electrons. The Kier molecular flexibility index (Phi) is 5.32. The Labute approximate surface area is 127 Å². The zero-order chi connectivity index (χ0) is 15.1. The molecule has 21 heavy (non-hydrogen) atoms. The molecule has 1 unspecified atom stereocenters. The molecular weight excluding hydrogens is 257 g/mol. The van der Waals surface area contributed by atoms with Crippen LogP contribution in [0.15, 0.2) is 70.6 Å². The van der Waals surface area contributed by atoms with Crippen molar-refractivity contribution in [1.82, 2.24) is 5.32 Å². The summed E-state index contributed by atoms with van der Waals surface area (Å²) < 4.78 is 0. The van der Waals surface area contributed by atoms with Gasteiger partial charge in [0.1, 0.15) is 19.5 Å². The summed E-state index contributed by atoms with van der Waals surface area (Å²) in [5.41, 5.74) is 1.99. The van der Waals surface area contributed by atoms with Crippen LogP contribution in [0.25, 0.3) is 0 Å². The number of hydrogen-bond donors (Lipinski definition) is 1.